The molecule has 0 amide bonds. The number of nitrogens with zero attached hydrogens (tertiary/aromatic N) is 2. The molecule has 0 saturated heterocycles. The quantitative estimate of drug-likeness (QED) is 0.172. The number of benzene rings is 11. The number of hydrogen-bond donors (Lipinski definition) is 0. The normalized spacial score (nSPS) is 15.5. The third-order valence-electron chi connectivity index (χ3n) is 18.5. The predicted molar refractivity (Wildman–Crippen MR) is 326 cm³/mol. The van der Waals surface area contributed by atoms with Crippen molar-refractivity contribution in [3.63, 3.8) is 0 Å². The molecule has 1 unspecified atom stereocenters. The van der Waals surface area contributed by atoms with Gasteiger partial charge in [-0.15, -0.1) is 21.5 Å². The monoisotopic (exact) mass is 1030 g/mol. The van der Waals surface area contributed by atoms with E-state index in [0.29, 0.717) is 11.8 Å². The number of allylic oxidation sites excluding steroid dienone is 1. The van der Waals surface area contributed by atoms with E-state index in [1.807, 2.05) is 41.7 Å². The summed E-state index contributed by atoms with van der Waals surface area (Å²) in [6.07, 6.45) is 5.80. The van der Waals surface area contributed by atoms with Crippen LogP contribution in [0.4, 0.5) is 0 Å². The fourth-order valence-electron chi connectivity index (χ4n) is 15.2. The van der Waals surface area contributed by atoms with Gasteiger partial charge in [-0.1, -0.05) is 212 Å². The second kappa shape index (κ2) is 16.4. The van der Waals surface area contributed by atoms with Crippen LogP contribution in [0.1, 0.15) is 66.4 Å². The highest BCUT2D eigenvalue weighted by molar-refractivity contribution is 7.20. The average molecular weight is 1040 g/mol. The minimum absolute atomic E-state index is 0.181. The summed E-state index contributed by atoms with van der Waals surface area (Å²) in [6.45, 7) is 0. The zero-order valence-corrected chi connectivity index (χ0v) is 44.1. The Labute approximate surface area is 467 Å². The zero-order chi connectivity index (χ0) is 52.3. The molecule has 3 nitrogen and oxygen atoms in total. The van der Waals surface area contributed by atoms with Gasteiger partial charge in [0.2, 0.25) is 11.8 Å². The fraction of sp³-hybridized carbons (Fsp3) is 0.0526. The van der Waals surface area contributed by atoms with Crippen molar-refractivity contribution in [3.05, 3.63) is 315 Å². The molecule has 2 aromatic heterocycles. The standard InChI is InChI=1S/C76H46N2OS/c1-2-16-46(17-3-1)73-77-78-74(79-73)47-32-30-45(31-33-47)60-41-51(50-35-38-59-57-23-9-15-29-68(57)76(70(59)44-50)65-26-12-6-20-54(65)55-21-7-13-27-66(55)76)42-62-61-40-48(36-39-71(61)80-72(60)62)49-34-37-58-56-22-8-14-28-67(56)75(69(58)43-49)63-24-10-4-18-52(63)53-19-5-11-25-64(53)75/h1-39,41-44,48H,40H2. The first kappa shape index (κ1) is 44.3. The third kappa shape index (κ3) is 5.82. The first-order valence-corrected chi connectivity index (χ1v) is 28.6. The molecule has 5 aliphatic rings. The van der Waals surface area contributed by atoms with E-state index in [9.17, 15) is 0 Å². The molecule has 11 aromatic carbocycles. The Bertz CT molecular complexity index is 4700. The second-order valence-corrected chi connectivity index (χ2v) is 23.3. The highest BCUT2D eigenvalue weighted by atomic mass is 32.1. The van der Waals surface area contributed by atoms with Crippen molar-refractivity contribution in [1.29, 1.82) is 0 Å². The molecular formula is C76H46N2OS. The van der Waals surface area contributed by atoms with E-state index in [-0.39, 0.29) is 11.3 Å². The second-order valence-electron chi connectivity index (χ2n) is 22.2. The van der Waals surface area contributed by atoms with Crippen LogP contribution in [0.15, 0.2) is 259 Å². The van der Waals surface area contributed by atoms with Crippen molar-refractivity contribution in [3.8, 4) is 89.7 Å². The summed E-state index contributed by atoms with van der Waals surface area (Å²) in [5.74, 6) is 1.20. The van der Waals surface area contributed by atoms with E-state index in [1.54, 1.807) is 0 Å². The Morgan fingerprint density at radius 1 is 0.350 bits per heavy atom. The first-order chi connectivity index (χ1) is 39.6. The van der Waals surface area contributed by atoms with Crippen LogP contribution in [-0.2, 0) is 17.3 Å². The number of rotatable bonds is 5. The number of fused-ring (bicyclic) bond motifs is 23. The van der Waals surface area contributed by atoms with Gasteiger partial charge in [0.15, 0.2) is 0 Å². The van der Waals surface area contributed by atoms with E-state index in [4.69, 9.17) is 4.42 Å². The molecule has 13 aromatic rings. The van der Waals surface area contributed by atoms with Gasteiger partial charge in [-0.3, -0.25) is 0 Å². The molecule has 0 radical (unpaired) electrons. The molecular weight excluding hydrogens is 989 g/mol. The topological polar surface area (TPSA) is 38.9 Å². The summed E-state index contributed by atoms with van der Waals surface area (Å²) in [7, 11) is 0. The van der Waals surface area contributed by atoms with Crippen LogP contribution >= 0.6 is 11.3 Å². The van der Waals surface area contributed by atoms with Gasteiger partial charge in [0.25, 0.3) is 0 Å². The van der Waals surface area contributed by atoms with Gasteiger partial charge in [-0.05, 0) is 177 Å². The maximum Gasteiger partial charge on any atom is 0.248 e. The fourth-order valence-corrected chi connectivity index (χ4v) is 16.4. The van der Waals surface area contributed by atoms with Gasteiger partial charge in [-0.25, -0.2) is 0 Å². The van der Waals surface area contributed by atoms with Gasteiger partial charge in [0.05, 0.1) is 10.8 Å². The van der Waals surface area contributed by atoms with Crippen molar-refractivity contribution >= 4 is 27.5 Å². The number of thiophene rings is 1. The van der Waals surface area contributed by atoms with Gasteiger partial charge in [0, 0.05) is 32.2 Å². The van der Waals surface area contributed by atoms with Crippen LogP contribution in [0.5, 0.6) is 0 Å². The van der Waals surface area contributed by atoms with E-state index in [2.05, 4.69) is 241 Å². The molecule has 2 heterocycles. The first-order valence-electron chi connectivity index (χ1n) is 27.8. The van der Waals surface area contributed by atoms with Gasteiger partial charge in [-0.2, -0.15) is 0 Å². The van der Waals surface area contributed by atoms with Gasteiger partial charge < -0.3 is 4.42 Å². The average Bonchev–Trinajstić information content (AvgIpc) is 4.43. The number of aromatic nitrogens is 2. The summed E-state index contributed by atoms with van der Waals surface area (Å²) in [4.78, 5) is 1.33. The smallest absolute Gasteiger partial charge is 0.248 e. The minimum Gasteiger partial charge on any atom is -0.416 e. The molecule has 372 valence electrons. The lowest BCUT2D eigenvalue weighted by molar-refractivity contribution is 0.584. The highest BCUT2D eigenvalue weighted by Crippen LogP contribution is 2.65. The van der Waals surface area contributed by atoms with Crippen LogP contribution in [0.3, 0.4) is 0 Å². The minimum atomic E-state index is -0.439. The van der Waals surface area contributed by atoms with Crippen LogP contribution in [0, 0.1) is 0 Å². The van der Waals surface area contributed by atoms with Crippen LogP contribution < -0.4 is 0 Å². The van der Waals surface area contributed by atoms with E-state index < -0.39 is 5.41 Å². The Morgan fingerprint density at radius 2 is 0.775 bits per heavy atom. The SMILES string of the molecule is C1=CC(c2ccc3c(c2)C2(c4ccccc4-c4ccccc42)c2ccccc2-3)Cc2c1sc1c(-c3ccc(-c4nnc(-c5ccccc5)o4)cc3)cc(-c3ccc4c(c3)C3(c5ccccc5-c5ccccc53)c3ccccc3-4)cc21. The summed E-state index contributed by atoms with van der Waals surface area (Å²) < 4.78 is 7.56. The summed E-state index contributed by atoms with van der Waals surface area (Å²) in [6, 6.07) is 93.0. The molecule has 0 aliphatic heterocycles. The van der Waals surface area contributed by atoms with Crippen molar-refractivity contribution in [2.45, 2.75) is 23.2 Å². The predicted octanol–water partition coefficient (Wildman–Crippen LogP) is 19.0. The summed E-state index contributed by atoms with van der Waals surface area (Å²) in [5.41, 5.74) is 30.0. The van der Waals surface area contributed by atoms with Crippen molar-refractivity contribution in [2.75, 3.05) is 0 Å². The molecule has 18 rings (SSSR count). The molecule has 0 saturated carbocycles. The molecule has 1 atom stereocenters. The highest BCUT2D eigenvalue weighted by Gasteiger charge is 2.53. The third-order valence-corrected chi connectivity index (χ3v) is 19.7. The zero-order valence-electron chi connectivity index (χ0n) is 43.3. The Morgan fingerprint density at radius 3 is 1.30 bits per heavy atom. The van der Waals surface area contributed by atoms with E-state index in [1.165, 1.54) is 132 Å². The lowest BCUT2D eigenvalue weighted by Gasteiger charge is -2.31. The molecule has 4 heteroatoms. The van der Waals surface area contributed by atoms with Gasteiger partial charge >= 0.3 is 0 Å². The summed E-state index contributed by atoms with van der Waals surface area (Å²) >= 11 is 1.92. The lowest BCUT2D eigenvalue weighted by atomic mass is 9.70. The molecule has 80 heavy (non-hydrogen) atoms. The van der Waals surface area contributed by atoms with Crippen molar-refractivity contribution in [2.24, 2.45) is 0 Å². The largest absolute Gasteiger partial charge is 0.416 e. The Hall–Kier alpha value is -9.74. The number of hydrogen-bond acceptors (Lipinski definition) is 4. The molecule has 0 fully saturated rings. The van der Waals surface area contributed by atoms with Gasteiger partial charge in [0.1, 0.15) is 0 Å². The molecule has 0 bridgehead atoms. The van der Waals surface area contributed by atoms with Crippen molar-refractivity contribution in [1.82, 2.24) is 10.2 Å². The van der Waals surface area contributed by atoms with Crippen LogP contribution in [0.2, 0.25) is 0 Å². The molecule has 5 aliphatic carbocycles. The Kier molecular flexibility index (Phi) is 9.08. The Balaban J connectivity index is 0.801. The van der Waals surface area contributed by atoms with Crippen LogP contribution in [-0.4, -0.2) is 10.2 Å². The lowest BCUT2D eigenvalue weighted by Crippen LogP contribution is -2.26. The van der Waals surface area contributed by atoms with Crippen LogP contribution in [0.25, 0.3) is 106 Å². The maximum atomic E-state index is 6.27. The van der Waals surface area contributed by atoms with E-state index >= 15 is 0 Å². The molecule has 0 N–H and O–H groups in total. The van der Waals surface area contributed by atoms with Crippen molar-refractivity contribution < 1.29 is 4.42 Å². The maximum absolute atomic E-state index is 6.27. The molecule has 2 spiro atoms. The van der Waals surface area contributed by atoms with E-state index in [0.717, 1.165) is 23.1 Å². The summed E-state index contributed by atoms with van der Waals surface area (Å²) in [5, 5.41) is 10.2.